The second kappa shape index (κ2) is 4.77. The Morgan fingerprint density at radius 1 is 1.15 bits per heavy atom. The Morgan fingerprint density at radius 3 is 2.85 bits per heavy atom. The molecule has 5 nitrogen and oxygen atoms in total. The van der Waals surface area contributed by atoms with Crippen LogP contribution in [0.4, 0.5) is 5.69 Å². The summed E-state index contributed by atoms with van der Waals surface area (Å²) in [6.07, 6.45) is 3.23. The van der Waals surface area contributed by atoms with Crippen molar-refractivity contribution in [3.8, 4) is 0 Å². The van der Waals surface area contributed by atoms with Crippen LogP contribution in [0.1, 0.15) is 21.6 Å². The minimum atomic E-state index is -0.199. The first kappa shape index (κ1) is 12.3. The van der Waals surface area contributed by atoms with Crippen molar-refractivity contribution in [2.75, 3.05) is 5.32 Å². The van der Waals surface area contributed by atoms with Crippen LogP contribution in [-0.4, -0.2) is 20.5 Å². The molecule has 0 radical (unpaired) electrons. The third-order valence-electron chi connectivity index (χ3n) is 3.38. The van der Waals surface area contributed by atoms with Crippen LogP contribution in [0, 0.1) is 13.8 Å². The molecule has 0 atom stereocenters. The van der Waals surface area contributed by atoms with E-state index in [-0.39, 0.29) is 5.91 Å². The largest absolute Gasteiger partial charge is 0.320 e. The van der Waals surface area contributed by atoms with Crippen molar-refractivity contribution in [2.45, 2.75) is 13.8 Å². The zero-order valence-corrected chi connectivity index (χ0v) is 11.3. The normalized spacial score (nSPS) is 10.7. The maximum atomic E-state index is 12.4. The van der Waals surface area contributed by atoms with Crippen molar-refractivity contribution in [3.63, 3.8) is 0 Å². The van der Waals surface area contributed by atoms with Crippen LogP contribution >= 0.6 is 0 Å². The summed E-state index contributed by atoms with van der Waals surface area (Å²) in [5, 5.41) is 7.04. The number of benzene rings is 1. The molecule has 5 heteroatoms. The van der Waals surface area contributed by atoms with Gasteiger partial charge in [0.05, 0.1) is 6.20 Å². The predicted molar refractivity (Wildman–Crippen MR) is 76.9 cm³/mol. The molecule has 0 bridgehead atoms. The van der Waals surface area contributed by atoms with Gasteiger partial charge < -0.3 is 5.32 Å². The Hall–Kier alpha value is -2.69. The molecule has 0 unspecified atom stereocenters. The highest BCUT2D eigenvalue weighted by Crippen LogP contribution is 2.18. The first-order chi connectivity index (χ1) is 9.66. The van der Waals surface area contributed by atoms with Gasteiger partial charge in [0.2, 0.25) is 0 Å². The summed E-state index contributed by atoms with van der Waals surface area (Å²) in [4.78, 5) is 16.5. The van der Waals surface area contributed by atoms with Crippen molar-refractivity contribution >= 4 is 17.2 Å². The summed E-state index contributed by atoms with van der Waals surface area (Å²) in [5.41, 5.74) is 4.13. The molecule has 100 valence electrons. The number of aryl methyl sites for hydroxylation is 1. The Morgan fingerprint density at radius 2 is 2.00 bits per heavy atom. The number of carbonyl (C=O) groups is 1. The minimum Gasteiger partial charge on any atom is -0.320 e. The molecule has 2 aromatic heterocycles. The molecule has 0 aliphatic heterocycles. The highest BCUT2D eigenvalue weighted by atomic mass is 16.2. The highest BCUT2D eigenvalue weighted by Gasteiger charge is 2.12. The third kappa shape index (κ3) is 2.03. The second-order valence-corrected chi connectivity index (χ2v) is 4.63. The topological polar surface area (TPSA) is 59.3 Å². The maximum absolute atomic E-state index is 12.4. The lowest BCUT2D eigenvalue weighted by atomic mass is 10.1. The van der Waals surface area contributed by atoms with Gasteiger partial charge in [-0.15, -0.1) is 0 Å². The van der Waals surface area contributed by atoms with E-state index >= 15 is 0 Å². The first-order valence-corrected chi connectivity index (χ1v) is 6.33. The molecule has 0 aliphatic carbocycles. The van der Waals surface area contributed by atoms with Gasteiger partial charge in [0.1, 0.15) is 5.69 Å². The molecule has 1 N–H and O–H groups in total. The van der Waals surface area contributed by atoms with Crippen molar-refractivity contribution in [3.05, 3.63) is 59.5 Å². The average molecular weight is 266 g/mol. The lowest BCUT2D eigenvalue weighted by Gasteiger charge is -2.10. The van der Waals surface area contributed by atoms with Crippen LogP contribution in [0.2, 0.25) is 0 Å². The molecule has 0 saturated heterocycles. The average Bonchev–Trinajstić information content (AvgIpc) is 2.92. The van der Waals surface area contributed by atoms with E-state index in [0.717, 1.165) is 16.8 Å². The van der Waals surface area contributed by atoms with E-state index in [9.17, 15) is 4.79 Å². The Kier molecular flexibility index (Phi) is 2.95. The van der Waals surface area contributed by atoms with Crippen LogP contribution < -0.4 is 5.32 Å². The van der Waals surface area contributed by atoms with Gasteiger partial charge in [0.25, 0.3) is 5.91 Å². The third-order valence-corrected chi connectivity index (χ3v) is 3.38. The number of amides is 1. The Bertz CT molecular complexity index is 791. The summed E-state index contributed by atoms with van der Waals surface area (Å²) >= 11 is 0. The van der Waals surface area contributed by atoms with Gasteiger partial charge >= 0.3 is 0 Å². The van der Waals surface area contributed by atoms with Crippen molar-refractivity contribution in [1.29, 1.82) is 0 Å². The van der Waals surface area contributed by atoms with Gasteiger partial charge in [-0.2, -0.15) is 5.10 Å². The molecule has 0 fully saturated rings. The monoisotopic (exact) mass is 266 g/mol. The van der Waals surface area contributed by atoms with Crippen LogP contribution in [-0.2, 0) is 0 Å². The number of anilines is 1. The van der Waals surface area contributed by atoms with E-state index in [1.54, 1.807) is 24.5 Å². The fourth-order valence-corrected chi connectivity index (χ4v) is 2.08. The number of nitrogens with one attached hydrogen (secondary N) is 1. The van der Waals surface area contributed by atoms with Crippen LogP contribution in [0.15, 0.2) is 42.7 Å². The van der Waals surface area contributed by atoms with Crippen molar-refractivity contribution in [2.24, 2.45) is 0 Å². The van der Waals surface area contributed by atoms with Gasteiger partial charge in [-0.1, -0.05) is 12.1 Å². The molecular weight excluding hydrogens is 252 g/mol. The first-order valence-electron chi connectivity index (χ1n) is 6.33. The second-order valence-electron chi connectivity index (χ2n) is 4.63. The molecule has 20 heavy (non-hydrogen) atoms. The standard InChI is InChI=1S/C15H14N4O/c1-10-4-3-5-12(11(10)2)18-15(20)13-6-8-16-14-7-9-17-19(13)14/h3-9H,1-2H3,(H,18,20). The van der Waals surface area contributed by atoms with Crippen LogP contribution in [0.25, 0.3) is 5.65 Å². The Labute approximate surface area is 116 Å². The van der Waals surface area contributed by atoms with E-state index in [1.807, 2.05) is 32.0 Å². The van der Waals surface area contributed by atoms with Crippen LogP contribution in [0.3, 0.4) is 0 Å². The van der Waals surface area contributed by atoms with Gasteiger partial charge in [0.15, 0.2) is 5.65 Å². The zero-order valence-electron chi connectivity index (χ0n) is 11.3. The van der Waals surface area contributed by atoms with Gasteiger partial charge in [-0.25, -0.2) is 9.50 Å². The van der Waals surface area contributed by atoms with E-state index in [0.29, 0.717) is 11.3 Å². The molecular formula is C15H14N4O. The zero-order chi connectivity index (χ0) is 14.1. The highest BCUT2D eigenvalue weighted by molar-refractivity contribution is 6.03. The molecule has 1 aromatic carbocycles. The lowest BCUT2D eigenvalue weighted by Crippen LogP contribution is -2.17. The SMILES string of the molecule is Cc1cccc(NC(=O)c2ccnc3ccnn23)c1C. The lowest BCUT2D eigenvalue weighted by molar-refractivity contribution is 0.101. The van der Waals surface area contributed by atoms with Crippen molar-refractivity contribution < 1.29 is 4.79 Å². The number of carbonyl (C=O) groups excluding carboxylic acids is 1. The van der Waals surface area contributed by atoms with E-state index in [1.165, 1.54) is 4.52 Å². The van der Waals surface area contributed by atoms with Gasteiger partial charge in [0, 0.05) is 18.0 Å². The van der Waals surface area contributed by atoms with Gasteiger partial charge in [-0.05, 0) is 37.1 Å². The van der Waals surface area contributed by atoms with Crippen LogP contribution in [0.5, 0.6) is 0 Å². The summed E-state index contributed by atoms with van der Waals surface area (Å²) < 4.78 is 1.53. The predicted octanol–water partition coefficient (Wildman–Crippen LogP) is 2.60. The summed E-state index contributed by atoms with van der Waals surface area (Å²) in [6.45, 7) is 4.00. The van der Waals surface area contributed by atoms with E-state index < -0.39 is 0 Å². The molecule has 1 amide bonds. The summed E-state index contributed by atoms with van der Waals surface area (Å²) in [7, 11) is 0. The summed E-state index contributed by atoms with van der Waals surface area (Å²) in [5.74, 6) is -0.199. The molecule has 0 aliphatic rings. The fraction of sp³-hybridized carbons (Fsp3) is 0.133. The number of aromatic nitrogens is 3. The number of hydrogen-bond donors (Lipinski definition) is 1. The van der Waals surface area contributed by atoms with E-state index in [2.05, 4.69) is 15.4 Å². The number of fused-ring (bicyclic) bond motifs is 1. The molecule has 0 spiro atoms. The fourth-order valence-electron chi connectivity index (χ4n) is 2.08. The van der Waals surface area contributed by atoms with Crippen molar-refractivity contribution in [1.82, 2.24) is 14.6 Å². The number of nitrogens with zero attached hydrogens (tertiary/aromatic N) is 3. The molecule has 0 saturated carbocycles. The molecule has 2 heterocycles. The quantitative estimate of drug-likeness (QED) is 0.775. The van der Waals surface area contributed by atoms with Gasteiger partial charge in [-0.3, -0.25) is 4.79 Å². The summed E-state index contributed by atoms with van der Waals surface area (Å²) in [6, 6.07) is 9.24. The molecule has 3 aromatic rings. The number of rotatable bonds is 2. The van der Waals surface area contributed by atoms with E-state index in [4.69, 9.17) is 0 Å². The Balaban J connectivity index is 1.97. The smallest absolute Gasteiger partial charge is 0.274 e. The minimum absolute atomic E-state index is 0.199. The number of hydrogen-bond acceptors (Lipinski definition) is 3. The maximum Gasteiger partial charge on any atom is 0.274 e. The molecule has 3 rings (SSSR count).